The lowest BCUT2D eigenvalue weighted by Crippen LogP contribution is -2.31. The van der Waals surface area contributed by atoms with Gasteiger partial charge in [0, 0.05) is 12.6 Å². The lowest BCUT2D eigenvalue weighted by molar-refractivity contribution is -0.118. The summed E-state index contributed by atoms with van der Waals surface area (Å²) >= 11 is 1.11. The van der Waals surface area contributed by atoms with Crippen LogP contribution >= 0.6 is 11.3 Å². The number of benzene rings is 1. The van der Waals surface area contributed by atoms with Crippen LogP contribution in [-0.4, -0.2) is 37.8 Å². The quantitative estimate of drug-likeness (QED) is 0.600. The average Bonchev–Trinajstić information content (AvgIpc) is 3.26. The fraction of sp³-hybridized carbons (Fsp3) is 0.227. The molecule has 8 nitrogen and oxygen atoms in total. The number of carbonyl (C=O) groups excluding carboxylic acids is 2. The number of fused-ring (bicyclic) bond motifs is 1. The summed E-state index contributed by atoms with van der Waals surface area (Å²) in [5.41, 5.74) is 1.05. The number of thiazole rings is 1. The molecule has 1 atom stereocenters. The van der Waals surface area contributed by atoms with Gasteiger partial charge in [0.05, 0.1) is 27.0 Å². The normalized spacial score (nSPS) is 16.5. The van der Waals surface area contributed by atoms with Crippen molar-refractivity contribution in [1.29, 1.82) is 0 Å². The number of rotatable bonds is 6. The second-order valence-electron chi connectivity index (χ2n) is 7.60. The summed E-state index contributed by atoms with van der Waals surface area (Å²) in [5.74, 6) is -2.69. The van der Waals surface area contributed by atoms with Crippen LogP contribution in [0.15, 0.2) is 53.9 Å². The molecule has 158 valence electrons. The SMILES string of the molecule is CC(C)CC(=O)C1=C(O)C(=O)N(c2nc3ccc(C(=O)O)cc3s2)C1c1ccccn1. The Bertz CT molecular complexity index is 1230. The van der Waals surface area contributed by atoms with Gasteiger partial charge in [0.25, 0.3) is 5.91 Å². The number of carboxylic acid groups (broad SMARTS) is 1. The van der Waals surface area contributed by atoms with E-state index in [-0.39, 0.29) is 34.4 Å². The molecule has 0 saturated heterocycles. The highest BCUT2D eigenvalue weighted by Crippen LogP contribution is 2.43. The summed E-state index contributed by atoms with van der Waals surface area (Å²) in [4.78, 5) is 47.3. The van der Waals surface area contributed by atoms with Crippen molar-refractivity contribution in [3.8, 4) is 0 Å². The van der Waals surface area contributed by atoms with Crippen molar-refractivity contribution in [2.45, 2.75) is 26.3 Å². The first-order chi connectivity index (χ1) is 14.8. The Morgan fingerprint density at radius 2 is 2.00 bits per heavy atom. The van der Waals surface area contributed by atoms with Gasteiger partial charge in [-0.15, -0.1) is 0 Å². The summed E-state index contributed by atoms with van der Waals surface area (Å²) in [6.07, 6.45) is 1.72. The summed E-state index contributed by atoms with van der Waals surface area (Å²) in [6.45, 7) is 3.76. The second-order valence-corrected chi connectivity index (χ2v) is 8.61. The Hall–Kier alpha value is -3.59. The van der Waals surface area contributed by atoms with Gasteiger partial charge in [0.2, 0.25) is 0 Å². The monoisotopic (exact) mass is 437 g/mol. The molecule has 3 heterocycles. The van der Waals surface area contributed by atoms with Crippen LogP contribution in [0.1, 0.15) is 42.4 Å². The van der Waals surface area contributed by atoms with Crippen molar-refractivity contribution < 1.29 is 24.6 Å². The Balaban J connectivity index is 1.85. The number of carbonyl (C=O) groups is 3. The molecule has 0 saturated carbocycles. The van der Waals surface area contributed by atoms with Crippen LogP contribution < -0.4 is 4.90 Å². The van der Waals surface area contributed by atoms with Gasteiger partial charge in [-0.3, -0.25) is 19.5 Å². The maximum atomic E-state index is 13.1. The van der Waals surface area contributed by atoms with Crippen LogP contribution in [-0.2, 0) is 9.59 Å². The van der Waals surface area contributed by atoms with Crippen LogP contribution in [0.4, 0.5) is 5.13 Å². The van der Waals surface area contributed by atoms with Crippen molar-refractivity contribution in [1.82, 2.24) is 9.97 Å². The predicted molar refractivity (Wildman–Crippen MR) is 115 cm³/mol. The van der Waals surface area contributed by atoms with Crippen LogP contribution in [0.5, 0.6) is 0 Å². The Kier molecular flexibility index (Phi) is 5.28. The Morgan fingerprint density at radius 3 is 2.65 bits per heavy atom. The third-order valence-corrected chi connectivity index (χ3v) is 5.92. The molecule has 4 rings (SSSR count). The number of aromatic nitrogens is 2. The Morgan fingerprint density at radius 1 is 1.23 bits per heavy atom. The number of amides is 1. The fourth-order valence-corrected chi connectivity index (χ4v) is 4.57. The summed E-state index contributed by atoms with van der Waals surface area (Å²) in [6, 6.07) is 8.70. The Labute approximate surface area is 181 Å². The molecule has 9 heteroatoms. The molecule has 0 radical (unpaired) electrons. The average molecular weight is 437 g/mol. The molecule has 0 fully saturated rings. The van der Waals surface area contributed by atoms with E-state index in [1.165, 1.54) is 17.0 Å². The standard InChI is InChI=1S/C22H19N3O5S/c1-11(2)9-15(26)17-18(14-5-3-4-8-23-14)25(20(28)19(17)27)22-24-13-7-6-12(21(29)30)10-16(13)31-22/h3-8,10-11,18,27H,9H2,1-2H3,(H,29,30). The van der Waals surface area contributed by atoms with Crippen LogP contribution in [0.2, 0.25) is 0 Å². The van der Waals surface area contributed by atoms with Crippen molar-refractivity contribution in [3.05, 3.63) is 65.2 Å². The zero-order chi connectivity index (χ0) is 22.3. The first-order valence-electron chi connectivity index (χ1n) is 9.62. The fourth-order valence-electron chi connectivity index (χ4n) is 3.53. The molecule has 31 heavy (non-hydrogen) atoms. The number of nitrogens with zero attached hydrogens (tertiary/aromatic N) is 3. The zero-order valence-corrected chi connectivity index (χ0v) is 17.6. The number of aliphatic hydroxyl groups excluding tert-OH is 1. The topological polar surface area (TPSA) is 121 Å². The van der Waals surface area contributed by atoms with Gasteiger partial charge in [0.15, 0.2) is 16.7 Å². The van der Waals surface area contributed by atoms with E-state index in [1.807, 2.05) is 13.8 Å². The minimum Gasteiger partial charge on any atom is -0.503 e. The van der Waals surface area contributed by atoms with Gasteiger partial charge in [-0.1, -0.05) is 31.3 Å². The number of pyridine rings is 1. The number of ketones is 1. The number of Topliss-reactive ketones (excluding diaryl/α,β-unsaturated/α-hetero) is 1. The molecule has 1 aromatic carbocycles. The van der Waals surface area contributed by atoms with Crippen molar-refractivity contribution >= 4 is 44.3 Å². The largest absolute Gasteiger partial charge is 0.503 e. The van der Waals surface area contributed by atoms with E-state index in [4.69, 9.17) is 0 Å². The van der Waals surface area contributed by atoms with E-state index >= 15 is 0 Å². The van der Waals surface area contributed by atoms with Gasteiger partial charge in [0.1, 0.15) is 6.04 Å². The van der Waals surface area contributed by atoms with E-state index < -0.39 is 23.7 Å². The van der Waals surface area contributed by atoms with E-state index in [0.717, 1.165) is 11.3 Å². The molecule has 2 aromatic heterocycles. The highest BCUT2D eigenvalue weighted by molar-refractivity contribution is 7.22. The third-order valence-electron chi connectivity index (χ3n) is 4.90. The third kappa shape index (κ3) is 3.68. The number of aromatic carboxylic acids is 1. The molecule has 1 unspecified atom stereocenters. The summed E-state index contributed by atoms with van der Waals surface area (Å²) < 4.78 is 0.573. The van der Waals surface area contributed by atoms with E-state index in [0.29, 0.717) is 15.9 Å². The lowest BCUT2D eigenvalue weighted by atomic mass is 9.94. The second kappa shape index (κ2) is 7.92. The van der Waals surface area contributed by atoms with E-state index in [1.54, 1.807) is 30.5 Å². The first-order valence-corrected chi connectivity index (χ1v) is 10.4. The predicted octanol–water partition coefficient (Wildman–Crippen LogP) is 3.90. The van der Waals surface area contributed by atoms with E-state index in [9.17, 15) is 24.6 Å². The number of hydrogen-bond donors (Lipinski definition) is 2. The van der Waals surface area contributed by atoms with E-state index in [2.05, 4.69) is 9.97 Å². The number of aliphatic hydroxyl groups is 1. The van der Waals surface area contributed by atoms with Gasteiger partial charge in [-0.2, -0.15) is 0 Å². The summed E-state index contributed by atoms with van der Waals surface area (Å²) in [7, 11) is 0. The number of carboxylic acids is 1. The number of anilines is 1. The molecular formula is C22H19N3O5S. The molecular weight excluding hydrogens is 418 g/mol. The first kappa shape index (κ1) is 20.7. The van der Waals surface area contributed by atoms with Gasteiger partial charge in [-0.25, -0.2) is 9.78 Å². The lowest BCUT2D eigenvalue weighted by Gasteiger charge is -2.23. The van der Waals surface area contributed by atoms with Crippen molar-refractivity contribution in [2.75, 3.05) is 4.90 Å². The van der Waals surface area contributed by atoms with Crippen LogP contribution in [0.25, 0.3) is 10.2 Å². The highest BCUT2D eigenvalue weighted by atomic mass is 32.1. The van der Waals surface area contributed by atoms with Gasteiger partial charge in [-0.05, 0) is 36.2 Å². The summed E-state index contributed by atoms with van der Waals surface area (Å²) in [5, 5.41) is 20.1. The van der Waals surface area contributed by atoms with Gasteiger partial charge >= 0.3 is 5.97 Å². The molecule has 0 aliphatic carbocycles. The van der Waals surface area contributed by atoms with Crippen LogP contribution in [0, 0.1) is 5.92 Å². The van der Waals surface area contributed by atoms with Crippen molar-refractivity contribution in [3.63, 3.8) is 0 Å². The molecule has 0 bridgehead atoms. The molecule has 2 N–H and O–H groups in total. The highest BCUT2D eigenvalue weighted by Gasteiger charge is 2.46. The maximum Gasteiger partial charge on any atom is 0.335 e. The molecule has 1 aliphatic heterocycles. The molecule has 0 spiro atoms. The smallest absolute Gasteiger partial charge is 0.335 e. The molecule has 1 aliphatic rings. The molecule has 1 amide bonds. The minimum absolute atomic E-state index is 0.00267. The van der Waals surface area contributed by atoms with Crippen LogP contribution in [0.3, 0.4) is 0 Å². The zero-order valence-electron chi connectivity index (χ0n) is 16.8. The van der Waals surface area contributed by atoms with Crippen molar-refractivity contribution in [2.24, 2.45) is 5.92 Å². The van der Waals surface area contributed by atoms with Gasteiger partial charge < -0.3 is 10.2 Å². The number of hydrogen-bond acceptors (Lipinski definition) is 7. The molecule has 3 aromatic rings. The maximum absolute atomic E-state index is 13.1. The minimum atomic E-state index is -1.07.